The Morgan fingerprint density at radius 1 is 1.53 bits per heavy atom. The number of anilines is 1. The number of rotatable bonds is 5. The van der Waals surface area contributed by atoms with Crippen molar-refractivity contribution >= 4 is 17.7 Å². The van der Waals surface area contributed by atoms with Gasteiger partial charge in [-0.05, 0) is 12.8 Å². The number of nitrogens with one attached hydrogen (secondary N) is 1. The summed E-state index contributed by atoms with van der Waals surface area (Å²) in [7, 11) is 0. The maximum absolute atomic E-state index is 12.9. The van der Waals surface area contributed by atoms with Gasteiger partial charge in [0, 0.05) is 12.3 Å². The van der Waals surface area contributed by atoms with E-state index in [0.717, 1.165) is 4.68 Å². The molecule has 0 spiro atoms. The zero-order valence-corrected chi connectivity index (χ0v) is 9.97. The average Bonchev–Trinajstić information content (AvgIpc) is 2.61. The minimum Gasteiger partial charge on any atom is -0.480 e. The number of nitrogens with zero attached hydrogens (tertiary/aromatic N) is 2. The van der Waals surface area contributed by atoms with Crippen molar-refractivity contribution in [2.24, 2.45) is 5.41 Å². The third-order valence-electron chi connectivity index (χ3n) is 3.30. The topological polar surface area (TPSA) is 84.2 Å². The molecule has 0 radical (unpaired) electrons. The highest BCUT2D eigenvalue weighted by atomic mass is 19.3. The summed E-state index contributed by atoms with van der Waals surface area (Å²) in [5.41, 5.74) is -1.61. The molecule has 0 aliphatic heterocycles. The molecule has 0 unspecified atom stereocenters. The molecule has 1 aromatic rings. The summed E-state index contributed by atoms with van der Waals surface area (Å²) < 4.78 is 26.9. The van der Waals surface area contributed by atoms with Gasteiger partial charge < -0.3 is 10.4 Å². The SMILES string of the molecule is O=C(O)Cn1ccc(NC(=O)C2(C(F)F)CCC2)n1. The highest BCUT2D eigenvalue weighted by Gasteiger charge is 2.52. The molecule has 8 heteroatoms. The van der Waals surface area contributed by atoms with E-state index in [4.69, 9.17) is 5.11 Å². The van der Waals surface area contributed by atoms with Crippen LogP contribution in [-0.2, 0) is 16.1 Å². The zero-order valence-electron chi connectivity index (χ0n) is 9.97. The molecule has 1 aromatic heterocycles. The average molecular weight is 273 g/mol. The van der Waals surface area contributed by atoms with Crippen LogP contribution in [0.3, 0.4) is 0 Å². The number of aliphatic carboxylic acids is 1. The summed E-state index contributed by atoms with van der Waals surface area (Å²) in [4.78, 5) is 22.3. The first-order chi connectivity index (χ1) is 8.94. The lowest BCUT2D eigenvalue weighted by Gasteiger charge is -2.38. The molecular formula is C11H13F2N3O3. The maximum atomic E-state index is 12.9. The number of amides is 1. The number of carboxylic acid groups (broad SMARTS) is 1. The van der Waals surface area contributed by atoms with Gasteiger partial charge in [0.05, 0.1) is 0 Å². The molecule has 0 aromatic carbocycles. The van der Waals surface area contributed by atoms with Crippen LogP contribution in [0.4, 0.5) is 14.6 Å². The summed E-state index contributed by atoms with van der Waals surface area (Å²) in [6, 6.07) is 1.37. The molecule has 1 amide bonds. The van der Waals surface area contributed by atoms with Gasteiger partial charge in [-0.1, -0.05) is 6.42 Å². The molecule has 1 saturated carbocycles. The van der Waals surface area contributed by atoms with E-state index < -0.39 is 23.7 Å². The molecular weight excluding hydrogens is 260 g/mol. The molecule has 0 bridgehead atoms. The summed E-state index contributed by atoms with van der Waals surface area (Å²) >= 11 is 0. The van der Waals surface area contributed by atoms with E-state index in [9.17, 15) is 18.4 Å². The van der Waals surface area contributed by atoms with Gasteiger partial charge >= 0.3 is 5.97 Å². The van der Waals surface area contributed by atoms with Gasteiger partial charge in [0.25, 0.3) is 6.43 Å². The van der Waals surface area contributed by atoms with Gasteiger partial charge in [0.2, 0.25) is 5.91 Å². The number of carbonyl (C=O) groups is 2. The number of hydrogen-bond donors (Lipinski definition) is 2. The Labute approximate surface area is 107 Å². The Morgan fingerprint density at radius 3 is 2.68 bits per heavy atom. The second-order valence-electron chi connectivity index (χ2n) is 4.56. The number of aromatic nitrogens is 2. The molecule has 2 rings (SSSR count). The van der Waals surface area contributed by atoms with E-state index in [2.05, 4.69) is 10.4 Å². The van der Waals surface area contributed by atoms with Gasteiger partial charge in [0.15, 0.2) is 5.82 Å². The number of alkyl halides is 2. The normalized spacial score (nSPS) is 17.0. The van der Waals surface area contributed by atoms with Gasteiger partial charge in [-0.2, -0.15) is 5.10 Å². The van der Waals surface area contributed by atoms with Crippen molar-refractivity contribution in [1.82, 2.24) is 9.78 Å². The second-order valence-corrected chi connectivity index (χ2v) is 4.56. The Balaban J connectivity index is 2.02. The predicted molar refractivity (Wildman–Crippen MR) is 60.8 cm³/mol. The monoisotopic (exact) mass is 273 g/mol. The fourth-order valence-corrected chi connectivity index (χ4v) is 2.00. The van der Waals surface area contributed by atoms with Gasteiger partial charge in [-0.3, -0.25) is 14.3 Å². The van der Waals surface area contributed by atoms with Crippen molar-refractivity contribution in [3.05, 3.63) is 12.3 Å². The van der Waals surface area contributed by atoms with Crippen LogP contribution in [0.15, 0.2) is 12.3 Å². The third-order valence-corrected chi connectivity index (χ3v) is 3.30. The number of hydrogen-bond acceptors (Lipinski definition) is 3. The second kappa shape index (κ2) is 4.94. The standard InChI is InChI=1S/C11H13F2N3O3/c12-9(13)11(3-1-4-11)10(19)14-7-2-5-16(15-7)6-8(17)18/h2,5,9H,1,3-4,6H2,(H,17,18)(H,14,15,19). The van der Waals surface area contributed by atoms with Crippen molar-refractivity contribution in [1.29, 1.82) is 0 Å². The first-order valence-corrected chi connectivity index (χ1v) is 5.79. The molecule has 1 fully saturated rings. The van der Waals surface area contributed by atoms with Crippen molar-refractivity contribution in [3.63, 3.8) is 0 Å². The van der Waals surface area contributed by atoms with Crippen molar-refractivity contribution in [3.8, 4) is 0 Å². The van der Waals surface area contributed by atoms with Crippen LogP contribution in [0, 0.1) is 5.41 Å². The van der Waals surface area contributed by atoms with E-state index in [-0.39, 0.29) is 25.2 Å². The number of carboxylic acids is 1. The lowest BCUT2D eigenvalue weighted by atomic mass is 9.68. The predicted octanol–water partition coefficient (Wildman–Crippen LogP) is 1.34. The maximum Gasteiger partial charge on any atom is 0.325 e. The third kappa shape index (κ3) is 2.56. The molecule has 1 heterocycles. The molecule has 0 atom stereocenters. The minimum absolute atomic E-state index is 0.0816. The van der Waals surface area contributed by atoms with E-state index in [1.807, 2.05) is 0 Å². The summed E-state index contributed by atoms with van der Waals surface area (Å²) in [6.07, 6.45) is -0.425. The van der Waals surface area contributed by atoms with Crippen LogP contribution >= 0.6 is 0 Å². The first-order valence-electron chi connectivity index (χ1n) is 5.79. The first kappa shape index (κ1) is 13.4. The van der Waals surface area contributed by atoms with Gasteiger partial charge in [0.1, 0.15) is 12.0 Å². The highest BCUT2D eigenvalue weighted by Crippen LogP contribution is 2.46. The summed E-state index contributed by atoms with van der Waals surface area (Å²) in [5, 5.41) is 14.7. The van der Waals surface area contributed by atoms with Crippen molar-refractivity contribution in [2.75, 3.05) is 5.32 Å². The van der Waals surface area contributed by atoms with E-state index in [1.54, 1.807) is 0 Å². The largest absolute Gasteiger partial charge is 0.480 e. The lowest BCUT2D eigenvalue weighted by molar-refractivity contribution is -0.144. The quantitative estimate of drug-likeness (QED) is 0.848. The van der Waals surface area contributed by atoms with Crippen LogP contribution in [-0.4, -0.2) is 33.2 Å². The van der Waals surface area contributed by atoms with Crippen molar-refractivity contribution < 1.29 is 23.5 Å². The van der Waals surface area contributed by atoms with Crippen LogP contribution in [0.5, 0.6) is 0 Å². The molecule has 1 aliphatic rings. The Hall–Kier alpha value is -1.99. The zero-order chi connectivity index (χ0) is 14.0. The van der Waals surface area contributed by atoms with E-state index in [1.165, 1.54) is 12.3 Å². The van der Waals surface area contributed by atoms with E-state index in [0.29, 0.717) is 6.42 Å². The minimum atomic E-state index is -2.71. The van der Waals surface area contributed by atoms with E-state index >= 15 is 0 Å². The fourth-order valence-electron chi connectivity index (χ4n) is 2.00. The summed E-state index contributed by atoms with van der Waals surface area (Å²) in [6.45, 7) is -0.351. The summed E-state index contributed by atoms with van der Waals surface area (Å²) in [5.74, 6) is -1.75. The van der Waals surface area contributed by atoms with Crippen LogP contribution in [0.25, 0.3) is 0 Å². The smallest absolute Gasteiger partial charge is 0.325 e. The Morgan fingerprint density at radius 2 is 2.21 bits per heavy atom. The molecule has 19 heavy (non-hydrogen) atoms. The molecule has 0 saturated heterocycles. The molecule has 6 nitrogen and oxygen atoms in total. The Kier molecular flexibility index (Phi) is 3.50. The van der Waals surface area contributed by atoms with Gasteiger partial charge in [-0.25, -0.2) is 8.78 Å². The number of halogens is 2. The highest BCUT2D eigenvalue weighted by molar-refractivity contribution is 5.95. The number of carbonyl (C=O) groups excluding carboxylic acids is 1. The molecule has 1 aliphatic carbocycles. The lowest BCUT2D eigenvalue weighted by Crippen LogP contribution is -2.47. The van der Waals surface area contributed by atoms with Crippen molar-refractivity contribution in [2.45, 2.75) is 32.2 Å². The van der Waals surface area contributed by atoms with Crippen LogP contribution < -0.4 is 5.32 Å². The van der Waals surface area contributed by atoms with Gasteiger partial charge in [-0.15, -0.1) is 0 Å². The molecule has 2 N–H and O–H groups in total. The van der Waals surface area contributed by atoms with Crippen LogP contribution in [0.1, 0.15) is 19.3 Å². The van der Waals surface area contributed by atoms with Crippen LogP contribution in [0.2, 0.25) is 0 Å². The Bertz CT molecular complexity index is 497. The fraction of sp³-hybridized carbons (Fsp3) is 0.545. The molecule has 104 valence electrons.